The highest BCUT2D eigenvalue weighted by Gasteiger charge is 2.35. The minimum absolute atomic E-state index is 0.229. The highest BCUT2D eigenvalue weighted by atomic mass is 79.9. The van der Waals surface area contributed by atoms with Gasteiger partial charge in [-0.25, -0.2) is 0 Å². The van der Waals surface area contributed by atoms with Crippen molar-refractivity contribution < 1.29 is 9.59 Å². The van der Waals surface area contributed by atoms with Crippen molar-refractivity contribution in [1.29, 1.82) is 0 Å². The molecule has 0 aliphatic carbocycles. The Morgan fingerprint density at radius 2 is 1.64 bits per heavy atom. The van der Waals surface area contributed by atoms with Gasteiger partial charge in [0.25, 0.3) is 11.1 Å². The van der Waals surface area contributed by atoms with Crippen LogP contribution in [0.15, 0.2) is 88.4 Å². The van der Waals surface area contributed by atoms with E-state index in [1.165, 1.54) is 10.5 Å². The Labute approximate surface area is 205 Å². The van der Waals surface area contributed by atoms with Crippen LogP contribution < -0.4 is 0 Å². The van der Waals surface area contributed by atoms with Gasteiger partial charge in [-0.1, -0.05) is 70.5 Å². The lowest BCUT2D eigenvalue weighted by atomic mass is 10.1. The Kier molecular flexibility index (Phi) is 5.96. The van der Waals surface area contributed by atoms with E-state index >= 15 is 0 Å². The maximum Gasteiger partial charge on any atom is 0.293 e. The van der Waals surface area contributed by atoms with E-state index in [1.807, 2.05) is 61.5 Å². The van der Waals surface area contributed by atoms with Crippen molar-refractivity contribution >= 4 is 55.8 Å². The molecule has 1 fully saturated rings. The van der Waals surface area contributed by atoms with Crippen molar-refractivity contribution in [3.8, 4) is 0 Å². The summed E-state index contributed by atoms with van der Waals surface area (Å²) in [5.74, 6) is -0.238. The lowest BCUT2D eigenvalue weighted by molar-refractivity contribution is -0.123. The third-order valence-corrected chi connectivity index (χ3v) is 7.27. The van der Waals surface area contributed by atoms with Gasteiger partial charge in [0.15, 0.2) is 0 Å². The standard InChI is InChI=1S/C27H21BrN2O2S/c1-18-6-2-3-7-20(18)17-30-26(31)25(33-27(30)32)14-21-16-29(24-9-5-4-8-23(21)24)15-19-10-12-22(28)13-11-19/h2-14,16H,15,17H2,1H3/b25-14-. The van der Waals surface area contributed by atoms with Gasteiger partial charge in [-0.15, -0.1) is 0 Å². The summed E-state index contributed by atoms with van der Waals surface area (Å²) in [4.78, 5) is 27.6. The molecule has 0 saturated carbocycles. The van der Waals surface area contributed by atoms with E-state index in [0.29, 0.717) is 11.4 Å². The largest absolute Gasteiger partial charge is 0.342 e. The van der Waals surface area contributed by atoms with E-state index in [-0.39, 0.29) is 11.1 Å². The number of carbonyl (C=O) groups excluding carboxylic acids is 2. The molecule has 2 amide bonds. The Morgan fingerprint density at radius 1 is 0.909 bits per heavy atom. The molecule has 0 spiro atoms. The van der Waals surface area contributed by atoms with Gasteiger partial charge in [0.1, 0.15) is 0 Å². The van der Waals surface area contributed by atoms with Crippen LogP contribution in [-0.4, -0.2) is 20.6 Å². The van der Waals surface area contributed by atoms with Crippen molar-refractivity contribution in [2.24, 2.45) is 0 Å². The number of hydrogen-bond acceptors (Lipinski definition) is 3. The fraction of sp³-hybridized carbons (Fsp3) is 0.111. The van der Waals surface area contributed by atoms with Gasteiger partial charge in [0.05, 0.1) is 11.4 Å². The average molecular weight is 517 g/mol. The zero-order valence-corrected chi connectivity index (χ0v) is 20.4. The van der Waals surface area contributed by atoms with Gasteiger partial charge in [-0.3, -0.25) is 14.5 Å². The zero-order chi connectivity index (χ0) is 22.9. The number of rotatable bonds is 5. The van der Waals surface area contributed by atoms with Gasteiger partial charge >= 0.3 is 0 Å². The van der Waals surface area contributed by atoms with Gasteiger partial charge in [0.2, 0.25) is 0 Å². The highest BCUT2D eigenvalue weighted by molar-refractivity contribution is 9.10. The molecule has 1 aliphatic heterocycles. The van der Waals surface area contributed by atoms with E-state index in [9.17, 15) is 9.59 Å². The number of para-hydroxylation sites is 1. The topological polar surface area (TPSA) is 42.3 Å². The van der Waals surface area contributed by atoms with Crippen LogP contribution in [0.3, 0.4) is 0 Å². The maximum atomic E-state index is 13.1. The number of halogens is 1. The van der Waals surface area contributed by atoms with Crippen LogP contribution in [-0.2, 0) is 17.9 Å². The van der Waals surface area contributed by atoms with E-state index in [4.69, 9.17) is 0 Å². The third kappa shape index (κ3) is 4.41. The molecule has 0 atom stereocenters. The molecule has 1 aliphatic rings. The molecule has 0 radical (unpaired) electrons. The predicted molar refractivity (Wildman–Crippen MR) is 138 cm³/mol. The van der Waals surface area contributed by atoms with Crippen LogP contribution in [0.2, 0.25) is 0 Å². The monoisotopic (exact) mass is 516 g/mol. The second-order valence-electron chi connectivity index (χ2n) is 8.05. The molecule has 6 heteroatoms. The summed E-state index contributed by atoms with van der Waals surface area (Å²) in [7, 11) is 0. The van der Waals surface area contributed by atoms with Crippen molar-refractivity contribution in [1.82, 2.24) is 9.47 Å². The van der Waals surface area contributed by atoms with Gasteiger partial charge < -0.3 is 4.57 Å². The van der Waals surface area contributed by atoms with E-state index in [1.54, 1.807) is 0 Å². The molecular weight excluding hydrogens is 496 g/mol. The number of nitrogens with zero attached hydrogens (tertiary/aromatic N) is 2. The van der Waals surface area contributed by atoms with Crippen molar-refractivity contribution in [3.63, 3.8) is 0 Å². The summed E-state index contributed by atoms with van der Waals surface area (Å²) in [6, 6.07) is 24.2. The number of amides is 2. The number of fused-ring (bicyclic) bond motifs is 1. The maximum absolute atomic E-state index is 13.1. The molecule has 0 bridgehead atoms. The molecule has 0 unspecified atom stereocenters. The number of benzene rings is 3. The fourth-order valence-corrected chi connectivity index (χ4v) is 5.14. The lowest BCUT2D eigenvalue weighted by Crippen LogP contribution is -2.27. The van der Waals surface area contributed by atoms with Gasteiger partial charge in [0, 0.05) is 33.7 Å². The normalized spacial score (nSPS) is 15.2. The molecule has 3 aromatic carbocycles. The van der Waals surface area contributed by atoms with Crippen molar-refractivity contribution in [2.75, 3.05) is 0 Å². The first kappa shape index (κ1) is 21.7. The SMILES string of the molecule is Cc1ccccc1CN1C(=O)S/C(=C\c2cn(Cc3ccc(Br)cc3)c3ccccc23)C1=O. The summed E-state index contributed by atoms with van der Waals surface area (Å²) in [5.41, 5.74) is 5.25. The van der Waals surface area contributed by atoms with Crippen LogP contribution in [0.5, 0.6) is 0 Å². The Hall–Kier alpha value is -3.09. The Balaban J connectivity index is 1.46. The third-order valence-electron chi connectivity index (χ3n) is 5.84. The second-order valence-corrected chi connectivity index (χ2v) is 9.96. The number of hydrogen-bond donors (Lipinski definition) is 0. The number of aromatic nitrogens is 1. The van der Waals surface area contributed by atoms with Crippen molar-refractivity contribution in [2.45, 2.75) is 20.0 Å². The molecule has 1 saturated heterocycles. The summed E-state index contributed by atoms with van der Waals surface area (Å²) >= 11 is 4.49. The molecule has 1 aromatic heterocycles. The van der Waals surface area contributed by atoms with Crippen LogP contribution in [0.25, 0.3) is 17.0 Å². The molecule has 33 heavy (non-hydrogen) atoms. The number of carbonyl (C=O) groups is 2. The zero-order valence-electron chi connectivity index (χ0n) is 18.0. The summed E-state index contributed by atoms with van der Waals surface area (Å²) in [5, 5.41) is 0.827. The van der Waals surface area contributed by atoms with Gasteiger partial charge in [-0.05, 0) is 59.7 Å². The first-order valence-electron chi connectivity index (χ1n) is 10.6. The van der Waals surface area contributed by atoms with Crippen LogP contribution >= 0.6 is 27.7 Å². The Bertz CT molecular complexity index is 1410. The smallest absolute Gasteiger partial charge is 0.293 e. The van der Waals surface area contributed by atoms with Crippen LogP contribution in [0, 0.1) is 6.92 Å². The quantitative estimate of drug-likeness (QED) is 0.268. The van der Waals surface area contributed by atoms with Crippen LogP contribution in [0.4, 0.5) is 4.79 Å². The number of aryl methyl sites for hydroxylation is 1. The summed E-state index contributed by atoms with van der Waals surface area (Å²) in [6.45, 7) is 3.00. The summed E-state index contributed by atoms with van der Waals surface area (Å²) in [6.07, 6.45) is 3.91. The van der Waals surface area contributed by atoms with Crippen LogP contribution in [0.1, 0.15) is 22.3 Å². The lowest BCUT2D eigenvalue weighted by Gasteiger charge is -2.14. The number of thioether (sulfide) groups is 1. The average Bonchev–Trinajstić information content (AvgIpc) is 3.29. The van der Waals surface area contributed by atoms with E-state index in [0.717, 1.165) is 50.4 Å². The molecule has 5 rings (SSSR count). The molecular formula is C27H21BrN2O2S. The van der Waals surface area contributed by atoms with E-state index < -0.39 is 0 Å². The molecule has 2 heterocycles. The van der Waals surface area contributed by atoms with E-state index in [2.05, 4.69) is 51.0 Å². The first-order chi connectivity index (χ1) is 16.0. The van der Waals surface area contributed by atoms with Crippen molar-refractivity contribution in [3.05, 3.63) is 111 Å². The Morgan fingerprint density at radius 3 is 2.42 bits per heavy atom. The minimum atomic E-state index is -0.238. The molecule has 0 N–H and O–H groups in total. The summed E-state index contributed by atoms with van der Waals surface area (Å²) < 4.78 is 3.23. The molecule has 4 aromatic rings. The molecule has 164 valence electrons. The minimum Gasteiger partial charge on any atom is -0.342 e. The fourth-order valence-electron chi connectivity index (χ4n) is 4.04. The predicted octanol–water partition coefficient (Wildman–Crippen LogP) is 7.00. The highest BCUT2D eigenvalue weighted by Crippen LogP contribution is 2.35. The first-order valence-corrected chi connectivity index (χ1v) is 12.2. The van der Waals surface area contributed by atoms with Gasteiger partial charge in [-0.2, -0.15) is 0 Å². The molecule has 4 nitrogen and oxygen atoms in total. The number of imide groups is 1. The second kappa shape index (κ2) is 9.04.